The van der Waals surface area contributed by atoms with E-state index >= 15 is 0 Å². The third kappa shape index (κ3) is 5.58. The fourth-order valence-electron chi connectivity index (χ4n) is 3.58. The lowest BCUT2D eigenvalue weighted by molar-refractivity contribution is -0.254. The summed E-state index contributed by atoms with van der Waals surface area (Å²) in [4.78, 5) is 12.7. The number of carbonyl (C=O) groups is 1. The molecule has 0 saturated heterocycles. The van der Waals surface area contributed by atoms with Gasteiger partial charge in [0.2, 0.25) is 0 Å². The van der Waals surface area contributed by atoms with Crippen molar-refractivity contribution in [1.82, 2.24) is 4.57 Å². The molecule has 0 bridgehead atoms. The Bertz CT molecular complexity index is 945. The van der Waals surface area contributed by atoms with Crippen LogP contribution in [-0.4, -0.2) is 28.9 Å². The number of hydrogen-bond donors (Lipinski definition) is 1. The Morgan fingerprint density at radius 2 is 1.62 bits per heavy atom. The topological polar surface area (TPSA) is 43.3 Å². The number of amides is 1. The van der Waals surface area contributed by atoms with Crippen molar-refractivity contribution in [2.24, 2.45) is 7.05 Å². The maximum absolute atomic E-state index is 13.4. The SMILES string of the molecule is CCC(CC)Oc1cc(NC(=O)c2c(C)cn(C)c2C)ccc1C(C(F)(F)F)C(F)(F)F. The molecule has 1 heterocycles. The zero-order valence-electron chi connectivity index (χ0n) is 18.4. The summed E-state index contributed by atoms with van der Waals surface area (Å²) in [5.41, 5.74) is 0.719. The molecule has 1 N–H and O–H groups in total. The first-order chi connectivity index (χ1) is 14.7. The minimum atomic E-state index is -5.56. The molecule has 2 aromatic rings. The number of rotatable bonds is 7. The van der Waals surface area contributed by atoms with Gasteiger partial charge in [0.25, 0.3) is 5.91 Å². The Kier molecular flexibility index (Phi) is 7.57. The maximum atomic E-state index is 13.4. The summed E-state index contributed by atoms with van der Waals surface area (Å²) in [6, 6.07) is 2.75. The van der Waals surface area contributed by atoms with Crippen LogP contribution in [0.3, 0.4) is 0 Å². The second kappa shape index (κ2) is 9.46. The fraction of sp³-hybridized carbons (Fsp3) is 0.500. The van der Waals surface area contributed by atoms with Crippen molar-refractivity contribution in [2.75, 3.05) is 5.32 Å². The summed E-state index contributed by atoms with van der Waals surface area (Å²) in [6.45, 7) is 6.88. The van der Waals surface area contributed by atoms with E-state index in [1.807, 2.05) is 0 Å². The number of anilines is 1. The van der Waals surface area contributed by atoms with E-state index in [0.29, 0.717) is 35.7 Å². The molecule has 0 unspecified atom stereocenters. The van der Waals surface area contributed by atoms with Crippen LogP contribution in [0.2, 0.25) is 0 Å². The van der Waals surface area contributed by atoms with Gasteiger partial charge in [-0.2, -0.15) is 26.3 Å². The Hall–Kier alpha value is -2.65. The van der Waals surface area contributed by atoms with Gasteiger partial charge in [-0.25, -0.2) is 0 Å². The monoisotopic (exact) mass is 464 g/mol. The summed E-state index contributed by atoms with van der Waals surface area (Å²) in [7, 11) is 1.75. The van der Waals surface area contributed by atoms with Gasteiger partial charge in [0.15, 0.2) is 5.92 Å². The molecular weight excluding hydrogens is 438 g/mol. The molecular formula is C22H26F6N2O2. The summed E-state index contributed by atoms with van der Waals surface area (Å²) >= 11 is 0. The van der Waals surface area contributed by atoms with E-state index in [1.165, 1.54) is 0 Å². The molecule has 2 rings (SSSR count). The summed E-state index contributed by atoms with van der Waals surface area (Å²) in [5, 5.41) is 2.55. The first-order valence-corrected chi connectivity index (χ1v) is 10.1. The average molecular weight is 464 g/mol. The molecule has 0 saturated carbocycles. The fourth-order valence-corrected chi connectivity index (χ4v) is 3.58. The number of benzene rings is 1. The molecule has 0 aliphatic rings. The smallest absolute Gasteiger partial charge is 0.404 e. The molecule has 10 heteroatoms. The van der Waals surface area contributed by atoms with Crippen LogP contribution in [0.15, 0.2) is 24.4 Å². The molecule has 0 spiro atoms. The number of halogens is 6. The van der Waals surface area contributed by atoms with Gasteiger partial charge in [-0.05, 0) is 38.3 Å². The van der Waals surface area contributed by atoms with Gasteiger partial charge in [-0.15, -0.1) is 0 Å². The Morgan fingerprint density at radius 1 is 1.06 bits per heavy atom. The highest BCUT2D eigenvalue weighted by atomic mass is 19.4. The first-order valence-electron chi connectivity index (χ1n) is 10.1. The van der Waals surface area contributed by atoms with E-state index in [-0.39, 0.29) is 5.69 Å². The Morgan fingerprint density at radius 3 is 2.06 bits per heavy atom. The van der Waals surface area contributed by atoms with Crippen molar-refractivity contribution in [3.05, 3.63) is 46.8 Å². The number of aromatic nitrogens is 1. The number of hydrogen-bond acceptors (Lipinski definition) is 2. The van der Waals surface area contributed by atoms with Crippen LogP contribution in [0.4, 0.5) is 32.0 Å². The molecule has 0 aliphatic heterocycles. The third-order valence-corrected chi connectivity index (χ3v) is 5.34. The predicted molar refractivity (Wildman–Crippen MR) is 109 cm³/mol. The molecule has 1 amide bonds. The van der Waals surface area contributed by atoms with E-state index in [0.717, 1.165) is 12.1 Å². The van der Waals surface area contributed by atoms with Crippen molar-refractivity contribution in [2.45, 2.75) is 64.9 Å². The van der Waals surface area contributed by atoms with Crippen molar-refractivity contribution < 1.29 is 35.9 Å². The standard InChI is InChI=1S/C22H26F6N2O2/c1-6-15(7-2)32-17-10-14(29-20(31)18-12(3)11-30(5)13(18)4)8-9-16(17)19(21(23,24)25)22(26,27)28/h8-11,15,19H,6-7H2,1-5H3,(H,29,31). The average Bonchev–Trinajstić information content (AvgIpc) is 2.91. The van der Waals surface area contributed by atoms with E-state index in [1.54, 1.807) is 45.5 Å². The van der Waals surface area contributed by atoms with Crippen molar-refractivity contribution in [3.8, 4) is 5.75 Å². The van der Waals surface area contributed by atoms with Gasteiger partial charge >= 0.3 is 12.4 Å². The normalized spacial score (nSPS) is 12.5. The highest BCUT2D eigenvalue weighted by Gasteiger charge is 2.58. The molecule has 178 valence electrons. The summed E-state index contributed by atoms with van der Waals surface area (Å²) in [6.07, 6.45) is -9.19. The zero-order valence-corrected chi connectivity index (χ0v) is 18.4. The van der Waals surface area contributed by atoms with Crippen LogP contribution < -0.4 is 10.1 Å². The van der Waals surface area contributed by atoms with Crippen molar-refractivity contribution in [1.29, 1.82) is 0 Å². The number of aryl methyl sites for hydroxylation is 2. The highest BCUT2D eigenvalue weighted by molar-refractivity contribution is 6.06. The minimum Gasteiger partial charge on any atom is -0.490 e. The van der Waals surface area contributed by atoms with E-state index in [4.69, 9.17) is 4.74 Å². The number of ether oxygens (including phenoxy) is 1. The van der Waals surface area contributed by atoms with Gasteiger partial charge in [0.05, 0.1) is 11.7 Å². The first kappa shape index (κ1) is 25.6. The number of alkyl halides is 6. The minimum absolute atomic E-state index is 0.0328. The van der Waals surface area contributed by atoms with E-state index in [2.05, 4.69) is 5.32 Å². The van der Waals surface area contributed by atoms with Crippen LogP contribution in [0.5, 0.6) is 5.75 Å². The number of nitrogens with one attached hydrogen (secondary N) is 1. The predicted octanol–water partition coefficient (Wildman–Crippen LogP) is 6.67. The largest absolute Gasteiger partial charge is 0.490 e. The second-order valence-corrected chi connectivity index (χ2v) is 7.66. The quantitative estimate of drug-likeness (QED) is 0.465. The lowest BCUT2D eigenvalue weighted by Gasteiger charge is -2.27. The van der Waals surface area contributed by atoms with Gasteiger partial charge < -0.3 is 14.6 Å². The van der Waals surface area contributed by atoms with E-state index < -0.39 is 41.6 Å². The Labute approximate surface area is 182 Å². The molecule has 4 nitrogen and oxygen atoms in total. The highest BCUT2D eigenvalue weighted by Crippen LogP contribution is 2.49. The van der Waals surface area contributed by atoms with E-state index in [9.17, 15) is 31.1 Å². The van der Waals surface area contributed by atoms with Crippen LogP contribution in [0.1, 0.15) is 59.8 Å². The lowest BCUT2D eigenvalue weighted by Crippen LogP contribution is -2.34. The van der Waals surface area contributed by atoms with Gasteiger partial charge in [-0.1, -0.05) is 19.9 Å². The molecule has 0 atom stereocenters. The van der Waals surface area contributed by atoms with Crippen LogP contribution in [0, 0.1) is 13.8 Å². The van der Waals surface area contributed by atoms with Crippen molar-refractivity contribution in [3.63, 3.8) is 0 Å². The van der Waals surface area contributed by atoms with Gasteiger partial charge in [0, 0.05) is 36.3 Å². The van der Waals surface area contributed by atoms with Gasteiger partial charge in [-0.3, -0.25) is 4.79 Å². The zero-order chi connectivity index (χ0) is 24.4. The maximum Gasteiger partial charge on any atom is 0.404 e. The third-order valence-electron chi connectivity index (χ3n) is 5.34. The summed E-state index contributed by atoms with van der Waals surface area (Å²) in [5.74, 6) is -4.79. The number of nitrogens with zero attached hydrogens (tertiary/aromatic N) is 1. The van der Waals surface area contributed by atoms with Crippen LogP contribution >= 0.6 is 0 Å². The number of carbonyl (C=O) groups excluding carboxylic acids is 1. The molecule has 0 radical (unpaired) electrons. The second-order valence-electron chi connectivity index (χ2n) is 7.66. The molecule has 0 aliphatic carbocycles. The van der Waals surface area contributed by atoms with Crippen molar-refractivity contribution >= 4 is 11.6 Å². The molecule has 1 aromatic heterocycles. The molecule has 1 aromatic carbocycles. The van der Waals surface area contributed by atoms with Gasteiger partial charge in [0.1, 0.15) is 5.75 Å². The molecule has 32 heavy (non-hydrogen) atoms. The van der Waals surface area contributed by atoms with Crippen LogP contribution in [0.25, 0.3) is 0 Å². The van der Waals surface area contributed by atoms with Crippen LogP contribution in [-0.2, 0) is 7.05 Å². The Balaban J connectivity index is 2.53. The molecule has 0 fully saturated rings. The summed E-state index contributed by atoms with van der Waals surface area (Å²) < 4.78 is 87.4. The lowest BCUT2D eigenvalue weighted by atomic mass is 9.96.